The van der Waals surface area contributed by atoms with E-state index in [0.717, 1.165) is 116 Å². The zero-order valence-corrected chi connectivity index (χ0v) is 71.9. The fraction of sp³-hybridized carbons (Fsp3) is 0.341. The number of nitrogens with zero attached hydrogens (tertiary/aromatic N) is 10. The zero-order chi connectivity index (χ0) is 90.4. The summed E-state index contributed by atoms with van der Waals surface area (Å²) in [5, 5.41) is 20.7. The molecule has 684 valence electrons. The zero-order valence-electron chi connectivity index (χ0n) is 68.6. The van der Waals surface area contributed by atoms with Gasteiger partial charge in [0.25, 0.3) is 0 Å². The minimum absolute atomic E-state index is 0.0103. The predicted molar refractivity (Wildman–Crippen MR) is 459 cm³/mol. The Labute approximate surface area is 743 Å². The van der Waals surface area contributed by atoms with E-state index in [4.69, 9.17) is 33.2 Å². The second-order valence-corrected chi connectivity index (χ2v) is 31.1. The standard InChI is InChI=1S/C30H34N4O5S2.C16H18F2N2O2S.2C13H11F4N3O2.C13H14F2N2O2S/c1-35-26-8-6-23(12-28(26)38-16-21-3-4-21)34(30-14-32-19-41-30)20-33(15-25-13-31-18-40-25)22-5-7-27(36-2)29(11-22)39-24-9-10-37-17-24;17-16(18)22-14-6-5-11(20-9-13-8-19-10-23-13)7-15(14)21-12-3-1-2-4-12;14-12(15)21-10-2-1-9(3-11(10)22-13(16)17)20-6-8-4-18-7-19-5-8;14-12(15)21-10-4-3-8(6-11(10)22-13(16)17)18-7-9-2-1-5-19-20-9;1-2-18-12-5-9(3-4-11(12)19-13(14)15)17-7-10-6-16-8-20-10/h5-8,11-14,18-19,21,24H,3-4,9-10,15-17,20H2,1-2H3;5-8,10,12,16,20H,1-4,9H2;1-5,7,12-13,20H,6H2;1-6,12-13,18H,7H2;3-6,8,13,17H,2,7H2,1H3/t24-;;;;/m1..../s1. The molecule has 1 aliphatic heterocycles. The van der Waals surface area contributed by atoms with Crippen molar-refractivity contribution in [1.82, 2.24) is 40.1 Å². The van der Waals surface area contributed by atoms with Gasteiger partial charge in [0.1, 0.15) is 17.4 Å². The fourth-order valence-electron chi connectivity index (χ4n) is 12.2. The average molecular weight is 1870 g/mol. The largest absolute Gasteiger partial charge is 0.493 e. The van der Waals surface area contributed by atoms with Crippen LogP contribution in [-0.4, -0.2) is 139 Å². The number of ether oxygens (including phenoxy) is 13. The molecule has 0 bridgehead atoms. The number of halogens is 12. The number of methoxy groups -OCH3 is 2. The normalized spacial score (nSPS) is 13.3. The maximum Gasteiger partial charge on any atom is 0.387 e. The smallest absolute Gasteiger partial charge is 0.387 e. The Balaban J connectivity index is 0.000000160. The van der Waals surface area contributed by atoms with Gasteiger partial charge >= 0.3 is 39.7 Å². The van der Waals surface area contributed by atoms with Gasteiger partial charge in [-0.1, -0.05) is 0 Å². The number of rotatable bonds is 42. The summed E-state index contributed by atoms with van der Waals surface area (Å²) in [5.74, 6) is 2.39. The Morgan fingerprint density at radius 1 is 0.430 bits per heavy atom. The maximum atomic E-state index is 12.5. The molecule has 4 N–H and O–H groups in total. The van der Waals surface area contributed by atoms with E-state index in [2.05, 4.69) is 124 Å². The summed E-state index contributed by atoms with van der Waals surface area (Å²) < 4.78 is 214. The van der Waals surface area contributed by atoms with Gasteiger partial charge in [-0.15, -0.1) is 45.3 Å². The average Bonchev–Trinajstić information content (AvgIpc) is 1.43. The van der Waals surface area contributed by atoms with Crippen molar-refractivity contribution in [1.29, 1.82) is 0 Å². The van der Waals surface area contributed by atoms with Crippen LogP contribution in [0.5, 0.6) is 69.0 Å². The van der Waals surface area contributed by atoms with Gasteiger partial charge in [0.05, 0.1) is 114 Å². The molecule has 0 unspecified atom stereocenters. The Morgan fingerprint density at radius 3 is 1.38 bits per heavy atom. The van der Waals surface area contributed by atoms with E-state index in [9.17, 15) is 52.7 Å². The highest BCUT2D eigenvalue weighted by Crippen LogP contribution is 2.43. The van der Waals surface area contributed by atoms with E-state index in [-0.39, 0.29) is 30.3 Å². The van der Waals surface area contributed by atoms with Crippen LogP contribution < -0.4 is 87.9 Å². The number of nitrogens with one attached hydrogen (secondary N) is 4. The molecule has 1 atom stereocenters. The maximum absolute atomic E-state index is 12.5. The molecule has 6 aromatic carbocycles. The van der Waals surface area contributed by atoms with Gasteiger partial charge in [-0.25, -0.2) is 9.97 Å². The first-order valence-electron chi connectivity index (χ1n) is 39.4. The summed E-state index contributed by atoms with van der Waals surface area (Å²) in [4.78, 5) is 32.2. The molecule has 2 saturated carbocycles. The molecule has 0 spiro atoms. The van der Waals surface area contributed by atoms with E-state index >= 15 is 0 Å². The number of benzene rings is 6. The second kappa shape index (κ2) is 50.8. The van der Waals surface area contributed by atoms with Gasteiger partial charge in [-0.2, -0.15) is 62.9 Å². The molecular weight excluding hydrogens is 1780 g/mol. The molecule has 0 amide bonds. The van der Waals surface area contributed by atoms with E-state index in [0.29, 0.717) is 105 Å². The van der Waals surface area contributed by atoms with Crippen molar-refractivity contribution in [3.05, 3.63) is 219 Å². The van der Waals surface area contributed by atoms with Crippen molar-refractivity contribution < 1.29 is 114 Å². The van der Waals surface area contributed by atoms with Crippen LogP contribution in [0.1, 0.15) is 77.8 Å². The summed E-state index contributed by atoms with van der Waals surface area (Å²) in [5.41, 5.74) is 12.9. The molecule has 2 aliphatic carbocycles. The highest BCUT2D eigenvalue weighted by Gasteiger charge is 2.28. The highest BCUT2D eigenvalue weighted by molar-refractivity contribution is 7.14. The number of anilines is 7. The topological polar surface area (TPSA) is 278 Å². The first-order valence-corrected chi connectivity index (χ1v) is 43.0. The monoisotopic (exact) mass is 1870 g/mol. The van der Waals surface area contributed by atoms with Crippen LogP contribution in [-0.2, 0) is 37.5 Å². The Bertz CT molecular complexity index is 5070. The van der Waals surface area contributed by atoms with Crippen LogP contribution in [0.4, 0.5) is 91.8 Å². The number of alkyl halides is 12. The summed E-state index contributed by atoms with van der Waals surface area (Å²) in [6, 6.07) is 32.6. The van der Waals surface area contributed by atoms with E-state index < -0.39 is 62.7 Å². The van der Waals surface area contributed by atoms with E-state index in [1.54, 1.807) is 127 Å². The van der Waals surface area contributed by atoms with Crippen molar-refractivity contribution in [2.45, 2.75) is 136 Å². The molecule has 7 heterocycles. The molecule has 1 saturated heterocycles. The molecular formula is C85H88F12N14O13S4. The lowest BCUT2D eigenvalue weighted by atomic mass is 10.2. The molecule has 27 nitrogen and oxygen atoms in total. The lowest BCUT2D eigenvalue weighted by Crippen LogP contribution is -2.34. The second-order valence-electron chi connectivity index (χ2n) is 27.3. The molecule has 43 heteroatoms. The third-order valence-corrected chi connectivity index (χ3v) is 21.3. The van der Waals surface area contributed by atoms with Gasteiger partial charge in [-0.05, 0) is 136 Å². The van der Waals surface area contributed by atoms with Crippen molar-refractivity contribution in [3.8, 4) is 69.0 Å². The third-order valence-electron chi connectivity index (χ3n) is 18.2. The molecule has 12 aromatic rings. The van der Waals surface area contributed by atoms with Gasteiger partial charge in [0.15, 0.2) is 69.0 Å². The number of hydrogen-bond donors (Lipinski definition) is 4. The van der Waals surface area contributed by atoms with Gasteiger partial charge in [0, 0.05) is 141 Å². The van der Waals surface area contributed by atoms with E-state index in [1.165, 1.54) is 61.0 Å². The first kappa shape index (κ1) is 96.2. The Hall–Kier alpha value is -12.5. The summed E-state index contributed by atoms with van der Waals surface area (Å²) in [6.45, 7) is -11.1. The first-order chi connectivity index (χ1) is 62.2. The summed E-state index contributed by atoms with van der Waals surface area (Å²) >= 11 is 6.33. The van der Waals surface area contributed by atoms with Crippen LogP contribution in [0.2, 0.25) is 0 Å². The number of aromatic nitrogens is 8. The van der Waals surface area contributed by atoms with Crippen molar-refractivity contribution >= 4 is 84.5 Å². The Kier molecular flexibility index (Phi) is 38.1. The Morgan fingerprint density at radius 2 is 0.883 bits per heavy atom. The third kappa shape index (κ3) is 32.4. The van der Waals surface area contributed by atoms with Crippen LogP contribution in [0.3, 0.4) is 0 Å². The molecule has 3 aliphatic rings. The van der Waals surface area contributed by atoms with Crippen LogP contribution in [0, 0.1) is 5.92 Å². The minimum Gasteiger partial charge on any atom is -0.493 e. The molecule has 6 aromatic heterocycles. The summed E-state index contributed by atoms with van der Waals surface area (Å²) in [7, 11) is 3.35. The van der Waals surface area contributed by atoms with Gasteiger partial charge in [0.2, 0.25) is 0 Å². The van der Waals surface area contributed by atoms with Crippen molar-refractivity contribution in [2.75, 3.05) is 78.4 Å². The molecule has 0 radical (unpaired) electrons. The number of hydrogen-bond acceptors (Lipinski definition) is 31. The lowest BCUT2D eigenvalue weighted by molar-refractivity contribution is -0.0691. The molecule has 128 heavy (non-hydrogen) atoms. The summed E-state index contributed by atoms with van der Waals surface area (Å²) in [6.07, 6.45) is 20.9. The van der Waals surface area contributed by atoms with Gasteiger partial charge in [-0.3, -0.25) is 19.9 Å². The molecule has 15 rings (SSSR count). The highest BCUT2D eigenvalue weighted by atomic mass is 32.1. The van der Waals surface area contributed by atoms with Crippen molar-refractivity contribution in [3.63, 3.8) is 0 Å². The minimum atomic E-state index is -3.16. The fourth-order valence-corrected chi connectivity index (χ4v) is 14.5. The SMILES string of the molecule is CCOc1cc(NCc2cncs2)ccc1OC(F)F.COc1ccc(N(CN(Cc2cncs2)c2ccc(OC)c(O[C@@H]3CCOC3)c2)c2cncs2)cc1OCC1CC1.FC(F)Oc1ccc(NCc2cccnn2)cc1OC(F)F.FC(F)Oc1ccc(NCc2cncnc2)cc1OC(F)F.FC(F)Oc1ccc(NCc2cncs2)cc1OC1CCCC1. The molecule has 3 fully saturated rings. The lowest BCUT2D eigenvalue weighted by Gasteiger charge is -2.33. The van der Waals surface area contributed by atoms with Gasteiger partial charge < -0.3 is 92.6 Å². The number of thiazole rings is 4. The van der Waals surface area contributed by atoms with Crippen LogP contribution >= 0.6 is 45.3 Å². The quantitative estimate of drug-likeness (QED) is 0.0204. The van der Waals surface area contributed by atoms with Crippen molar-refractivity contribution in [2.24, 2.45) is 5.92 Å². The van der Waals surface area contributed by atoms with E-state index in [1.807, 2.05) is 35.5 Å². The van der Waals surface area contributed by atoms with Crippen LogP contribution in [0.25, 0.3) is 0 Å². The van der Waals surface area contributed by atoms with Crippen LogP contribution in [0.15, 0.2) is 193 Å². The predicted octanol–water partition coefficient (Wildman–Crippen LogP) is 21.4.